The lowest BCUT2D eigenvalue weighted by atomic mass is 9.91. The number of carbonyl (C=O) groups excluding carboxylic acids is 1. The minimum atomic E-state index is -0.264. The van der Waals surface area contributed by atoms with Gasteiger partial charge in [0, 0.05) is 12.2 Å². The van der Waals surface area contributed by atoms with E-state index in [0.717, 1.165) is 44.3 Å². The van der Waals surface area contributed by atoms with E-state index < -0.39 is 0 Å². The molecule has 0 radical (unpaired) electrons. The van der Waals surface area contributed by atoms with E-state index in [1.807, 2.05) is 6.08 Å². The molecule has 0 aromatic rings. The molecule has 0 saturated carbocycles. The van der Waals surface area contributed by atoms with Gasteiger partial charge in [-0.3, -0.25) is 4.79 Å². The summed E-state index contributed by atoms with van der Waals surface area (Å²) in [4.78, 5) is 11.2. The van der Waals surface area contributed by atoms with Gasteiger partial charge in [-0.15, -0.1) is 0 Å². The number of hydrogen-bond donors (Lipinski definition) is 1. The van der Waals surface area contributed by atoms with E-state index in [1.165, 1.54) is 0 Å². The molecule has 3 nitrogen and oxygen atoms in total. The van der Waals surface area contributed by atoms with Crippen molar-refractivity contribution < 1.29 is 9.53 Å². The smallest absolute Gasteiger partial charge is 0.244 e. The highest BCUT2D eigenvalue weighted by Gasteiger charge is 2.26. The van der Waals surface area contributed by atoms with Crippen LogP contribution in [0.25, 0.3) is 0 Å². The first kappa shape index (κ1) is 11.4. The molecular weight excluding hydrogens is 202 g/mol. The molecule has 88 valence electrons. The molecule has 2 rings (SSSR count). The molecule has 1 saturated heterocycles. The van der Waals surface area contributed by atoms with Gasteiger partial charge in [-0.25, -0.2) is 0 Å². The number of carbonyl (C=O) groups is 1. The van der Waals surface area contributed by atoms with E-state index in [1.54, 1.807) is 0 Å². The lowest BCUT2D eigenvalue weighted by molar-refractivity contribution is -0.114. The maximum atomic E-state index is 11.2. The first-order valence-electron chi connectivity index (χ1n) is 6.04. The number of amides is 1. The van der Waals surface area contributed by atoms with Crippen LogP contribution in [0.15, 0.2) is 23.8 Å². The third-order valence-corrected chi connectivity index (χ3v) is 3.41. The average molecular weight is 221 g/mol. The van der Waals surface area contributed by atoms with Crippen LogP contribution in [0.5, 0.6) is 0 Å². The Balaban J connectivity index is 2.06. The van der Waals surface area contributed by atoms with Crippen LogP contribution in [0, 0.1) is 5.92 Å². The Morgan fingerprint density at radius 2 is 2.25 bits per heavy atom. The second-order valence-corrected chi connectivity index (χ2v) is 4.52. The molecule has 2 aliphatic rings. The van der Waals surface area contributed by atoms with Crippen LogP contribution in [0.4, 0.5) is 0 Å². The van der Waals surface area contributed by atoms with Gasteiger partial charge in [-0.05, 0) is 38.0 Å². The molecule has 0 aromatic heterocycles. The van der Waals surface area contributed by atoms with Gasteiger partial charge in [-0.2, -0.15) is 0 Å². The van der Waals surface area contributed by atoms with Crippen LogP contribution in [-0.4, -0.2) is 18.6 Å². The third-order valence-electron chi connectivity index (χ3n) is 3.41. The molecule has 2 unspecified atom stereocenters. The molecule has 2 atom stereocenters. The topological polar surface area (TPSA) is 52.3 Å². The second-order valence-electron chi connectivity index (χ2n) is 4.52. The number of hydrogen-bond acceptors (Lipinski definition) is 2. The van der Waals surface area contributed by atoms with E-state index in [0.29, 0.717) is 5.92 Å². The summed E-state index contributed by atoms with van der Waals surface area (Å²) in [5.74, 6) is 0.289. The second kappa shape index (κ2) is 5.30. The summed E-state index contributed by atoms with van der Waals surface area (Å²) < 4.78 is 5.66. The van der Waals surface area contributed by atoms with Crippen molar-refractivity contribution in [3.63, 3.8) is 0 Å². The number of fused-ring (bicyclic) bond motifs is 1. The fourth-order valence-electron chi connectivity index (χ4n) is 2.43. The lowest BCUT2D eigenvalue weighted by Crippen LogP contribution is -2.18. The van der Waals surface area contributed by atoms with Gasteiger partial charge in [0.05, 0.1) is 6.10 Å². The summed E-state index contributed by atoms with van der Waals surface area (Å²) >= 11 is 0. The average Bonchev–Trinajstić information content (AvgIpc) is 2.70. The van der Waals surface area contributed by atoms with Gasteiger partial charge in [0.1, 0.15) is 0 Å². The molecule has 1 fully saturated rings. The predicted molar refractivity (Wildman–Crippen MR) is 62.7 cm³/mol. The minimum absolute atomic E-state index is 0.257. The monoisotopic (exact) mass is 221 g/mol. The number of primary amides is 1. The van der Waals surface area contributed by atoms with Gasteiger partial charge in [0.15, 0.2) is 0 Å². The molecule has 1 aliphatic heterocycles. The van der Waals surface area contributed by atoms with Gasteiger partial charge < -0.3 is 10.5 Å². The van der Waals surface area contributed by atoms with Crippen molar-refractivity contribution in [2.75, 3.05) is 6.61 Å². The van der Waals surface area contributed by atoms with Crippen LogP contribution < -0.4 is 5.73 Å². The van der Waals surface area contributed by atoms with Crippen LogP contribution in [0.2, 0.25) is 0 Å². The number of ether oxygens (including phenoxy) is 1. The summed E-state index contributed by atoms with van der Waals surface area (Å²) in [5, 5.41) is 0. The zero-order chi connectivity index (χ0) is 11.4. The summed E-state index contributed by atoms with van der Waals surface area (Å²) in [6, 6.07) is 0. The molecule has 0 spiro atoms. The van der Waals surface area contributed by atoms with Gasteiger partial charge in [0.2, 0.25) is 5.91 Å². The summed E-state index contributed by atoms with van der Waals surface area (Å²) in [5.41, 5.74) is 6.15. The Hall–Kier alpha value is -1.09. The Kier molecular flexibility index (Phi) is 3.78. The Morgan fingerprint density at radius 1 is 1.38 bits per heavy atom. The zero-order valence-electron chi connectivity index (χ0n) is 9.52. The van der Waals surface area contributed by atoms with Gasteiger partial charge in [-0.1, -0.05) is 18.2 Å². The first-order valence-corrected chi connectivity index (χ1v) is 6.04. The van der Waals surface area contributed by atoms with Crippen molar-refractivity contribution in [3.8, 4) is 0 Å². The molecule has 3 heteroatoms. The SMILES string of the molecule is NC(=O)/C1=C/CC/C=C\C2OCCC2CC1. The normalized spacial score (nSPS) is 35.9. The molecule has 1 heterocycles. The number of nitrogens with two attached hydrogens (primary N) is 1. The molecule has 0 aromatic carbocycles. The zero-order valence-corrected chi connectivity index (χ0v) is 9.52. The van der Waals surface area contributed by atoms with E-state index in [4.69, 9.17) is 10.5 Å². The molecule has 1 aliphatic carbocycles. The number of rotatable bonds is 1. The van der Waals surface area contributed by atoms with E-state index in [-0.39, 0.29) is 12.0 Å². The third kappa shape index (κ3) is 2.73. The molecular formula is C13H19NO2. The maximum Gasteiger partial charge on any atom is 0.244 e. The Labute approximate surface area is 96.3 Å². The molecule has 2 N–H and O–H groups in total. The van der Waals surface area contributed by atoms with Crippen molar-refractivity contribution in [3.05, 3.63) is 23.8 Å². The lowest BCUT2D eigenvalue weighted by Gasteiger charge is -2.16. The van der Waals surface area contributed by atoms with Crippen LogP contribution in [-0.2, 0) is 9.53 Å². The largest absolute Gasteiger partial charge is 0.374 e. The van der Waals surface area contributed by atoms with Crippen molar-refractivity contribution in [1.82, 2.24) is 0 Å². The minimum Gasteiger partial charge on any atom is -0.374 e. The van der Waals surface area contributed by atoms with Crippen molar-refractivity contribution in [2.24, 2.45) is 11.7 Å². The summed E-state index contributed by atoms with van der Waals surface area (Å²) in [6.45, 7) is 0.843. The van der Waals surface area contributed by atoms with Crippen LogP contribution in [0.1, 0.15) is 32.1 Å². The summed E-state index contributed by atoms with van der Waals surface area (Å²) in [7, 11) is 0. The van der Waals surface area contributed by atoms with E-state index in [2.05, 4.69) is 12.2 Å². The van der Waals surface area contributed by atoms with E-state index in [9.17, 15) is 4.79 Å². The van der Waals surface area contributed by atoms with Crippen LogP contribution in [0.3, 0.4) is 0 Å². The highest BCUT2D eigenvalue weighted by atomic mass is 16.5. The van der Waals surface area contributed by atoms with Crippen molar-refractivity contribution >= 4 is 5.91 Å². The molecule has 16 heavy (non-hydrogen) atoms. The standard InChI is InChI=1S/C13H19NO2/c14-13(15)11-4-2-1-3-5-12-10(6-7-11)8-9-16-12/h3-5,10,12H,1-2,6-9H2,(H2,14,15)/b5-3-,11-4+. The predicted octanol–water partition coefficient (Wildman–Crippen LogP) is 1.93. The first-order chi connectivity index (χ1) is 7.77. The van der Waals surface area contributed by atoms with Gasteiger partial charge in [0.25, 0.3) is 0 Å². The van der Waals surface area contributed by atoms with Crippen molar-refractivity contribution in [1.29, 1.82) is 0 Å². The Bertz CT molecular complexity index is 320. The van der Waals surface area contributed by atoms with Crippen molar-refractivity contribution in [2.45, 2.75) is 38.2 Å². The quantitative estimate of drug-likeness (QED) is 0.688. The number of allylic oxidation sites excluding steroid dienone is 2. The van der Waals surface area contributed by atoms with Gasteiger partial charge >= 0.3 is 0 Å². The fourth-order valence-corrected chi connectivity index (χ4v) is 2.43. The Morgan fingerprint density at radius 3 is 3.06 bits per heavy atom. The molecule has 0 bridgehead atoms. The van der Waals surface area contributed by atoms with Crippen LogP contribution >= 0.6 is 0 Å². The highest BCUT2D eigenvalue weighted by Crippen LogP contribution is 2.28. The fraction of sp³-hybridized carbons (Fsp3) is 0.615. The molecule has 1 amide bonds. The summed E-state index contributed by atoms with van der Waals surface area (Å²) in [6.07, 6.45) is 11.3. The van der Waals surface area contributed by atoms with E-state index >= 15 is 0 Å². The maximum absolute atomic E-state index is 11.2. The highest BCUT2D eigenvalue weighted by molar-refractivity contribution is 5.91.